The number of hydrogen-bond acceptors (Lipinski definition) is 11. The molecule has 6 atom stereocenters. The quantitative estimate of drug-likeness (QED) is 0.0371. The molecule has 1 aromatic heterocycles. The van der Waals surface area contributed by atoms with Gasteiger partial charge in [0.2, 0.25) is 41.4 Å². The maximum Gasteiger partial charge on any atom is 0.324 e. The number of nitrogens with two attached hydrogens (primary N) is 5. The number of unbranched alkanes of at least 4 members (excludes halogenated alkanes) is 1. The zero-order valence-corrected chi connectivity index (χ0v) is 42.3. The van der Waals surface area contributed by atoms with E-state index < -0.39 is 102 Å². The van der Waals surface area contributed by atoms with Gasteiger partial charge in [0, 0.05) is 63.0 Å². The summed E-state index contributed by atoms with van der Waals surface area (Å²) >= 11 is 0. The van der Waals surface area contributed by atoms with E-state index in [1.54, 1.807) is 19.2 Å². The Morgan fingerprint density at radius 3 is 2.09 bits per heavy atom. The Hall–Kier alpha value is -8.32. The topological polar surface area (TPSA) is 412 Å². The summed E-state index contributed by atoms with van der Waals surface area (Å²) < 4.78 is 14.2. The van der Waals surface area contributed by atoms with Crippen molar-refractivity contribution in [3.05, 3.63) is 71.7 Å². The Morgan fingerprint density at radius 1 is 0.787 bits per heavy atom. The van der Waals surface area contributed by atoms with E-state index in [2.05, 4.69) is 52.2 Å². The van der Waals surface area contributed by atoms with E-state index in [-0.39, 0.29) is 102 Å². The van der Waals surface area contributed by atoms with Crippen LogP contribution in [0, 0.1) is 5.82 Å². The maximum atomic E-state index is 14.7. The highest BCUT2D eigenvalue weighted by atomic mass is 19.1. The molecule has 4 rings (SSSR count). The number of carbonyl (C=O) groups is 9. The van der Waals surface area contributed by atoms with Crippen molar-refractivity contribution < 1.29 is 47.5 Å². The predicted molar refractivity (Wildman–Crippen MR) is 277 cm³/mol. The zero-order chi connectivity index (χ0) is 55.0. The van der Waals surface area contributed by atoms with Crippen molar-refractivity contribution in [3.8, 4) is 0 Å². The number of nitrogens with one attached hydrogen (secondary N) is 8. The number of para-hydroxylation sites is 1. The fourth-order valence-electron chi connectivity index (χ4n) is 8.16. The standard InChI is InChI=1S/C49H71FN16O9/c1-3-4-23-66-46(74)39(64-42(70)35(60-28(2)67)14-9-21-57-47(52)53)26-40(68)56-20-8-7-13-34(41(51)69)61-45(73)38(25-30-27-59-33-12-6-5-11-32(30)33)63-43(71)36(15-10-22-58-48(54)55)62-44(72)37(65-49(66)75)24-29-16-18-31(50)19-17-29/h5-6,11-12,16-19,27,34-39,59H,3-4,7-10,13-15,20-26H2,1-2H3,(H2,51,69)(H,56,68)(H,60,67)(H,61,73)(H,62,72)(H,63,71)(H,64,70)(H,65,75)(H4,52,53,57)(H4,54,55,58)/t34?,35-,36-,37?,38-,39?/m0/s1. The van der Waals surface area contributed by atoms with E-state index in [0.29, 0.717) is 17.5 Å². The van der Waals surface area contributed by atoms with Gasteiger partial charge < -0.3 is 70.9 Å². The van der Waals surface area contributed by atoms with E-state index in [1.165, 1.54) is 19.1 Å². The number of fused-ring (bicyclic) bond motifs is 1. The Kier molecular flexibility index (Phi) is 23.7. The molecular formula is C49H71FN16O9. The lowest BCUT2D eigenvalue weighted by Crippen LogP contribution is -2.61. The van der Waals surface area contributed by atoms with Crippen LogP contribution < -0.4 is 65.9 Å². The minimum absolute atomic E-state index is 0.000316. The number of rotatable bonds is 19. The summed E-state index contributed by atoms with van der Waals surface area (Å²) in [6.07, 6.45) is 1.97. The van der Waals surface area contributed by atoms with Gasteiger partial charge in [0.15, 0.2) is 11.9 Å². The Balaban J connectivity index is 1.80. The summed E-state index contributed by atoms with van der Waals surface area (Å²) in [6.45, 7) is 2.82. The number of imide groups is 1. The molecule has 25 nitrogen and oxygen atoms in total. The summed E-state index contributed by atoms with van der Waals surface area (Å²) in [7, 11) is 0. The van der Waals surface area contributed by atoms with Crippen LogP contribution in [-0.2, 0) is 51.2 Å². The number of hydrogen-bond donors (Lipinski definition) is 13. The molecule has 1 saturated heterocycles. The van der Waals surface area contributed by atoms with Crippen LogP contribution >= 0.6 is 0 Å². The van der Waals surface area contributed by atoms with Crippen LogP contribution in [0.3, 0.4) is 0 Å². The third kappa shape index (κ3) is 19.9. The molecule has 1 aliphatic rings. The summed E-state index contributed by atoms with van der Waals surface area (Å²) in [5.41, 5.74) is 29.5. The molecule has 0 bridgehead atoms. The van der Waals surface area contributed by atoms with Crippen molar-refractivity contribution in [2.24, 2.45) is 38.7 Å². The van der Waals surface area contributed by atoms with Crippen molar-refractivity contribution >= 4 is 76.1 Å². The number of urea groups is 1. The van der Waals surface area contributed by atoms with Gasteiger partial charge in [0.1, 0.15) is 42.1 Å². The molecule has 75 heavy (non-hydrogen) atoms. The first kappa shape index (κ1) is 59.2. The lowest BCUT2D eigenvalue weighted by Gasteiger charge is -2.30. The second-order valence-electron chi connectivity index (χ2n) is 18.1. The van der Waals surface area contributed by atoms with Crippen molar-refractivity contribution in [2.45, 2.75) is 127 Å². The SMILES string of the molecule is CCCCN1C(=O)NC(Cc2ccc(F)cc2)C(=O)N[C@@H](CCCN=C(N)N)C(=O)N[C@@H](Cc2c[nH]c3ccccc23)C(=O)NC(C(N)=O)CCCCNC(=O)CC(NC(=O)[C@H](CCCN=C(N)N)NC(C)=O)C1=O. The highest BCUT2D eigenvalue weighted by Gasteiger charge is 2.37. The van der Waals surface area contributed by atoms with Gasteiger partial charge in [-0.1, -0.05) is 43.7 Å². The van der Waals surface area contributed by atoms with Crippen LogP contribution in [0.1, 0.15) is 89.2 Å². The first-order valence-corrected chi connectivity index (χ1v) is 24.8. The molecule has 0 saturated carbocycles. The number of guanidine groups is 2. The largest absolute Gasteiger partial charge is 0.370 e. The summed E-state index contributed by atoms with van der Waals surface area (Å²) in [5.74, 6) is -7.72. The second-order valence-corrected chi connectivity index (χ2v) is 18.1. The number of H-pyrrole nitrogens is 1. The van der Waals surface area contributed by atoms with E-state index in [1.807, 2.05) is 18.2 Å². The van der Waals surface area contributed by atoms with Crippen LogP contribution in [0.4, 0.5) is 9.18 Å². The van der Waals surface area contributed by atoms with Gasteiger partial charge in [-0.15, -0.1) is 0 Å². The molecule has 3 aromatic rings. The van der Waals surface area contributed by atoms with Crippen LogP contribution in [0.2, 0.25) is 0 Å². The minimum atomic E-state index is -1.72. The fraction of sp³-hybridized carbons (Fsp3) is 0.490. The first-order chi connectivity index (χ1) is 35.8. The number of aliphatic imine (C=N–C) groups is 2. The third-order valence-electron chi connectivity index (χ3n) is 12.1. The van der Waals surface area contributed by atoms with Crippen LogP contribution in [0.5, 0.6) is 0 Å². The number of primary amides is 1. The van der Waals surface area contributed by atoms with Gasteiger partial charge in [-0.2, -0.15) is 0 Å². The summed E-state index contributed by atoms with van der Waals surface area (Å²) in [6, 6.07) is 2.58. The lowest BCUT2D eigenvalue weighted by atomic mass is 10.0. The number of carbonyl (C=O) groups excluding carboxylic acids is 9. The molecule has 0 aliphatic carbocycles. The molecule has 2 heterocycles. The van der Waals surface area contributed by atoms with Gasteiger partial charge in [-0.3, -0.25) is 53.2 Å². The average molecular weight is 1050 g/mol. The molecule has 1 aliphatic heterocycles. The van der Waals surface area contributed by atoms with E-state index in [9.17, 15) is 47.5 Å². The third-order valence-corrected chi connectivity index (χ3v) is 12.1. The molecular weight excluding hydrogens is 976 g/mol. The summed E-state index contributed by atoms with van der Waals surface area (Å²) in [4.78, 5) is 137. The Morgan fingerprint density at radius 2 is 1.43 bits per heavy atom. The molecule has 1 fully saturated rings. The van der Waals surface area contributed by atoms with Crippen molar-refractivity contribution in [1.29, 1.82) is 0 Å². The van der Waals surface area contributed by atoms with Gasteiger partial charge in [0.05, 0.1) is 6.42 Å². The van der Waals surface area contributed by atoms with Crippen LogP contribution in [-0.4, -0.2) is 138 Å². The van der Waals surface area contributed by atoms with E-state index in [4.69, 9.17) is 28.7 Å². The van der Waals surface area contributed by atoms with Crippen molar-refractivity contribution in [3.63, 3.8) is 0 Å². The molecule has 408 valence electrons. The van der Waals surface area contributed by atoms with Gasteiger partial charge >= 0.3 is 6.03 Å². The Labute approximate surface area is 433 Å². The van der Waals surface area contributed by atoms with E-state index >= 15 is 0 Å². The number of nitrogens with zero attached hydrogens (tertiary/aromatic N) is 3. The van der Waals surface area contributed by atoms with E-state index in [0.717, 1.165) is 27.9 Å². The second kappa shape index (κ2) is 30.0. The smallest absolute Gasteiger partial charge is 0.324 e. The molecule has 26 heteroatoms. The Bertz CT molecular complexity index is 2530. The number of halogens is 1. The van der Waals surface area contributed by atoms with Gasteiger partial charge in [-0.25, -0.2) is 9.18 Å². The lowest BCUT2D eigenvalue weighted by molar-refractivity contribution is -0.137. The predicted octanol–water partition coefficient (Wildman–Crippen LogP) is -1.47. The van der Waals surface area contributed by atoms with Crippen LogP contribution in [0.15, 0.2) is 64.7 Å². The number of aromatic amines is 1. The van der Waals surface area contributed by atoms with Crippen molar-refractivity contribution in [2.75, 3.05) is 26.2 Å². The molecule has 2 aromatic carbocycles. The average Bonchev–Trinajstić information content (AvgIpc) is 3.76. The number of benzene rings is 2. The highest BCUT2D eigenvalue weighted by Crippen LogP contribution is 2.20. The first-order valence-electron chi connectivity index (χ1n) is 24.8. The van der Waals surface area contributed by atoms with Crippen molar-refractivity contribution in [1.82, 2.24) is 47.1 Å². The normalized spacial score (nSPS) is 20.1. The molecule has 0 spiro atoms. The number of amides is 10. The molecule has 18 N–H and O–H groups in total. The molecule has 10 amide bonds. The minimum Gasteiger partial charge on any atom is -0.370 e. The van der Waals surface area contributed by atoms with Gasteiger partial charge in [-0.05, 0) is 80.7 Å². The maximum absolute atomic E-state index is 14.7. The monoisotopic (exact) mass is 1050 g/mol. The van der Waals surface area contributed by atoms with Crippen LogP contribution in [0.25, 0.3) is 10.9 Å². The highest BCUT2D eigenvalue weighted by molar-refractivity contribution is 6.03. The zero-order valence-electron chi connectivity index (χ0n) is 42.3. The molecule has 3 unspecified atom stereocenters. The summed E-state index contributed by atoms with van der Waals surface area (Å²) in [5, 5.41) is 19.2. The molecule has 0 radical (unpaired) electrons. The van der Waals surface area contributed by atoms with Gasteiger partial charge in [0.25, 0.3) is 5.91 Å². The number of aromatic nitrogens is 1. The fourth-order valence-corrected chi connectivity index (χ4v) is 8.16.